The van der Waals surface area contributed by atoms with E-state index >= 15 is 0 Å². The average molecular weight is 502 g/mol. The maximum Gasteiger partial charge on any atom is 0.237 e. The lowest BCUT2D eigenvalue weighted by Gasteiger charge is -2.21. The zero-order chi connectivity index (χ0) is 25.5. The molecule has 4 rings (SSSR count). The maximum absolute atomic E-state index is 13.0. The molecule has 37 heavy (non-hydrogen) atoms. The Hall–Kier alpha value is -2.99. The quantitative estimate of drug-likeness (QED) is 0.227. The number of carbonyl (C=O) groups is 1. The summed E-state index contributed by atoms with van der Waals surface area (Å²) in [6.45, 7) is 1.05. The van der Waals surface area contributed by atoms with Crippen LogP contribution < -0.4 is 10.6 Å². The third kappa shape index (κ3) is 9.77. The van der Waals surface area contributed by atoms with E-state index in [1.165, 1.54) is 69.8 Å². The van der Waals surface area contributed by atoms with E-state index in [1.807, 2.05) is 18.2 Å². The number of H-pyrrole nitrogens is 1. The molecule has 1 aliphatic carbocycles. The summed E-state index contributed by atoms with van der Waals surface area (Å²) < 4.78 is 0. The van der Waals surface area contributed by atoms with Crippen molar-refractivity contribution in [3.05, 3.63) is 83.7 Å². The van der Waals surface area contributed by atoms with Gasteiger partial charge in [0.2, 0.25) is 5.91 Å². The SMILES string of the molecule is O=C(NCc1ccc(CCCCCCC2CCCCC2)cc1)[C@H](Cc1cnc[nH]1)NCc1ccccn1. The molecule has 1 aliphatic rings. The topological polar surface area (TPSA) is 82.7 Å². The summed E-state index contributed by atoms with van der Waals surface area (Å²) in [5, 5.41) is 6.46. The highest BCUT2D eigenvalue weighted by Crippen LogP contribution is 2.28. The zero-order valence-corrected chi connectivity index (χ0v) is 22.1. The van der Waals surface area contributed by atoms with E-state index in [0.29, 0.717) is 19.5 Å². The van der Waals surface area contributed by atoms with Crippen molar-refractivity contribution >= 4 is 5.91 Å². The number of hydrogen-bond donors (Lipinski definition) is 3. The van der Waals surface area contributed by atoms with Crippen molar-refractivity contribution in [2.24, 2.45) is 5.92 Å². The first-order chi connectivity index (χ1) is 18.3. The number of pyridine rings is 1. The van der Waals surface area contributed by atoms with E-state index in [0.717, 1.165) is 29.3 Å². The second kappa shape index (κ2) is 15.3. The standard InChI is InChI=1S/C31H43N5O/c37-31(30(20-29-22-32-24-36-29)34-23-28-14-8-9-19-33-28)35-21-27-17-15-26(16-18-27)13-5-2-1-4-10-25-11-6-3-7-12-25/h8-9,14-19,22,24-25,30,34H,1-7,10-13,20-21,23H2,(H,32,36)(H,35,37)/t30-/m0/s1. The van der Waals surface area contributed by atoms with Gasteiger partial charge in [-0.05, 0) is 42.0 Å². The van der Waals surface area contributed by atoms with Crippen molar-refractivity contribution in [1.29, 1.82) is 0 Å². The Balaban J connectivity index is 1.16. The molecule has 6 heteroatoms. The van der Waals surface area contributed by atoms with Crippen molar-refractivity contribution in [3.8, 4) is 0 Å². The van der Waals surface area contributed by atoms with E-state index in [-0.39, 0.29) is 11.9 Å². The summed E-state index contributed by atoms with van der Waals surface area (Å²) in [7, 11) is 0. The van der Waals surface area contributed by atoms with Crippen LogP contribution in [0, 0.1) is 5.92 Å². The molecule has 6 nitrogen and oxygen atoms in total. The van der Waals surface area contributed by atoms with Crippen molar-refractivity contribution in [2.45, 2.75) is 96.2 Å². The minimum absolute atomic E-state index is 0.0252. The first-order valence-electron chi connectivity index (χ1n) is 14.2. The highest BCUT2D eigenvalue weighted by atomic mass is 16.2. The van der Waals surface area contributed by atoms with Crippen molar-refractivity contribution in [1.82, 2.24) is 25.6 Å². The van der Waals surface area contributed by atoms with Crippen LogP contribution in [0.1, 0.15) is 86.7 Å². The van der Waals surface area contributed by atoms with Crippen LogP contribution in [0.15, 0.2) is 61.2 Å². The Labute approximate surface area is 222 Å². The number of imidazole rings is 1. The molecule has 2 aromatic heterocycles. The molecule has 0 spiro atoms. The van der Waals surface area contributed by atoms with Crippen LogP contribution in [0.4, 0.5) is 0 Å². The second-order valence-electron chi connectivity index (χ2n) is 10.5. The molecule has 0 unspecified atom stereocenters. The van der Waals surface area contributed by atoms with Gasteiger partial charge in [0, 0.05) is 37.6 Å². The molecule has 0 bridgehead atoms. The van der Waals surface area contributed by atoms with E-state index in [4.69, 9.17) is 0 Å². The number of hydrogen-bond acceptors (Lipinski definition) is 4. The number of rotatable bonds is 15. The van der Waals surface area contributed by atoms with Gasteiger partial charge >= 0.3 is 0 Å². The molecule has 2 heterocycles. The molecule has 1 atom stereocenters. The number of benzene rings is 1. The number of aryl methyl sites for hydroxylation is 1. The van der Waals surface area contributed by atoms with Crippen molar-refractivity contribution in [3.63, 3.8) is 0 Å². The first-order valence-corrected chi connectivity index (χ1v) is 14.2. The molecule has 0 radical (unpaired) electrons. The normalized spacial score (nSPS) is 14.9. The molecular weight excluding hydrogens is 458 g/mol. The van der Waals surface area contributed by atoms with Gasteiger partial charge in [0.25, 0.3) is 0 Å². The Morgan fingerprint density at radius 1 is 0.946 bits per heavy atom. The van der Waals surface area contributed by atoms with Gasteiger partial charge in [-0.3, -0.25) is 15.1 Å². The number of aromatic amines is 1. The molecule has 1 saturated carbocycles. The van der Waals surface area contributed by atoms with Gasteiger partial charge in [0.15, 0.2) is 0 Å². The van der Waals surface area contributed by atoms with Crippen LogP contribution in [0.2, 0.25) is 0 Å². The van der Waals surface area contributed by atoms with Crippen molar-refractivity contribution in [2.75, 3.05) is 0 Å². The fourth-order valence-corrected chi connectivity index (χ4v) is 5.33. The minimum Gasteiger partial charge on any atom is -0.351 e. The molecular formula is C31H43N5O. The number of amides is 1. The number of aromatic nitrogens is 3. The van der Waals surface area contributed by atoms with Crippen LogP contribution in [-0.4, -0.2) is 26.9 Å². The molecule has 0 aliphatic heterocycles. The molecule has 3 N–H and O–H groups in total. The van der Waals surface area contributed by atoms with Crippen LogP contribution in [0.25, 0.3) is 0 Å². The highest BCUT2D eigenvalue weighted by Gasteiger charge is 2.19. The summed E-state index contributed by atoms with van der Waals surface area (Å²) in [6.07, 6.45) is 21.0. The fraction of sp³-hybridized carbons (Fsp3) is 0.516. The second-order valence-corrected chi connectivity index (χ2v) is 10.5. The zero-order valence-electron chi connectivity index (χ0n) is 22.1. The van der Waals surface area contributed by atoms with Crippen LogP contribution in [-0.2, 0) is 30.7 Å². The Bertz CT molecular complexity index is 1010. The summed E-state index contributed by atoms with van der Waals surface area (Å²) >= 11 is 0. The fourth-order valence-electron chi connectivity index (χ4n) is 5.33. The lowest BCUT2D eigenvalue weighted by atomic mass is 9.85. The molecule has 1 fully saturated rings. The van der Waals surface area contributed by atoms with Crippen molar-refractivity contribution < 1.29 is 4.79 Å². The Morgan fingerprint density at radius 2 is 1.76 bits per heavy atom. The summed E-state index contributed by atoms with van der Waals surface area (Å²) in [6, 6.07) is 14.1. The summed E-state index contributed by atoms with van der Waals surface area (Å²) in [5.74, 6) is 0.988. The molecule has 198 valence electrons. The number of nitrogens with zero attached hydrogens (tertiary/aromatic N) is 2. The Morgan fingerprint density at radius 3 is 2.51 bits per heavy atom. The van der Waals surface area contributed by atoms with Crippen LogP contribution >= 0.6 is 0 Å². The Kier molecular flexibility index (Phi) is 11.2. The number of unbranched alkanes of at least 4 members (excludes halogenated alkanes) is 3. The van der Waals surface area contributed by atoms with Gasteiger partial charge in [0.1, 0.15) is 0 Å². The van der Waals surface area contributed by atoms with Crippen LogP contribution in [0.5, 0.6) is 0 Å². The predicted molar refractivity (Wildman–Crippen MR) is 149 cm³/mol. The third-order valence-electron chi connectivity index (χ3n) is 7.59. The van der Waals surface area contributed by atoms with E-state index in [2.05, 4.69) is 49.9 Å². The van der Waals surface area contributed by atoms with Gasteiger partial charge in [-0.15, -0.1) is 0 Å². The molecule has 3 aromatic rings. The monoisotopic (exact) mass is 501 g/mol. The summed E-state index contributed by atoms with van der Waals surface area (Å²) in [5.41, 5.74) is 4.34. The van der Waals surface area contributed by atoms with Crippen LogP contribution in [0.3, 0.4) is 0 Å². The number of carbonyl (C=O) groups excluding carboxylic acids is 1. The van der Waals surface area contributed by atoms with E-state index < -0.39 is 0 Å². The van der Waals surface area contributed by atoms with Gasteiger partial charge in [-0.2, -0.15) is 0 Å². The molecule has 0 saturated heterocycles. The summed E-state index contributed by atoms with van der Waals surface area (Å²) in [4.78, 5) is 24.6. The first kappa shape index (κ1) is 27.1. The van der Waals surface area contributed by atoms with E-state index in [1.54, 1.807) is 18.7 Å². The smallest absolute Gasteiger partial charge is 0.237 e. The number of nitrogens with one attached hydrogen (secondary N) is 3. The third-order valence-corrected chi connectivity index (χ3v) is 7.59. The van der Waals surface area contributed by atoms with Gasteiger partial charge in [-0.25, -0.2) is 4.98 Å². The largest absolute Gasteiger partial charge is 0.351 e. The van der Waals surface area contributed by atoms with Gasteiger partial charge in [-0.1, -0.05) is 88.1 Å². The highest BCUT2D eigenvalue weighted by molar-refractivity contribution is 5.82. The van der Waals surface area contributed by atoms with Gasteiger partial charge in [0.05, 0.1) is 18.1 Å². The van der Waals surface area contributed by atoms with E-state index in [9.17, 15) is 4.79 Å². The lowest BCUT2D eigenvalue weighted by Crippen LogP contribution is -2.45. The lowest BCUT2D eigenvalue weighted by molar-refractivity contribution is -0.123. The minimum atomic E-state index is -0.375. The molecule has 1 amide bonds. The maximum atomic E-state index is 13.0. The molecule has 1 aromatic carbocycles. The predicted octanol–water partition coefficient (Wildman–Crippen LogP) is 5.90. The van der Waals surface area contributed by atoms with Gasteiger partial charge < -0.3 is 10.3 Å². The average Bonchev–Trinajstić information content (AvgIpc) is 3.47.